The lowest BCUT2D eigenvalue weighted by molar-refractivity contribution is 0.274. The van der Waals surface area contributed by atoms with Gasteiger partial charge >= 0.3 is 0 Å². The Morgan fingerprint density at radius 3 is 2.33 bits per heavy atom. The highest BCUT2D eigenvalue weighted by atomic mass is 32.2. The molecule has 0 spiro atoms. The van der Waals surface area contributed by atoms with E-state index in [9.17, 15) is 8.42 Å². The van der Waals surface area contributed by atoms with Crippen LogP contribution < -0.4 is 10.0 Å². The van der Waals surface area contributed by atoms with E-state index in [1.807, 2.05) is 12.1 Å². The fraction of sp³-hybridized carbons (Fsp3) is 0.600. The Hall–Kier alpha value is -1.11. The molecular weight excluding hydrogens is 288 g/mol. The summed E-state index contributed by atoms with van der Waals surface area (Å²) in [6, 6.07) is 7.90. The summed E-state index contributed by atoms with van der Waals surface area (Å²) in [5.74, 6) is 0.0646. The molecule has 21 heavy (non-hydrogen) atoms. The van der Waals surface area contributed by atoms with Crippen LogP contribution in [0.2, 0.25) is 0 Å². The van der Waals surface area contributed by atoms with E-state index in [2.05, 4.69) is 23.9 Å². The van der Waals surface area contributed by atoms with Gasteiger partial charge in [-0.05, 0) is 51.3 Å². The minimum absolute atomic E-state index is 0.0646. The third kappa shape index (κ3) is 6.46. The van der Waals surface area contributed by atoms with Crippen LogP contribution in [0.4, 0.5) is 5.69 Å². The first-order valence-electron chi connectivity index (χ1n) is 7.35. The SMILES string of the molecule is CCS(=O)(=O)Nc1ccc(C(C)NC(C)CCCO)cc1. The largest absolute Gasteiger partial charge is 0.396 e. The van der Waals surface area contributed by atoms with Crippen molar-refractivity contribution in [1.82, 2.24) is 5.32 Å². The topological polar surface area (TPSA) is 78.4 Å². The molecule has 0 aromatic heterocycles. The summed E-state index contributed by atoms with van der Waals surface area (Å²) in [6.45, 7) is 5.99. The zero-order chi connectivity index (χ0) is 15.9. The number of aliphatic hydroxyl groups is 1. The molecule has 2 unspecified atom stereocenters. The van der Waals surface area contributed by atoms with E-state index in [0.29, 0.717) is 11.7 Å². The van der Waals surface area contributed by atoms with Crippen LogP contribution in [0.5, 0.6) is 0 Å². The number of rotatable bonds is 9. The predicted octanol–water partition coefficient (Wildman–Crippen LogP) is 2.26. The molecule has 5 nitrogen and oxygen atoms in total. The highest BCUT2D eigenvalue weighted by molar-refractivity contribution is 7.92. The van der Waals surface area contributed by atoms with Crippen molar-refractivity contribution in [3.8, 4) is 0 Å². The summed E-state index contributed by atoms with van der Waals surface area (Å²) in [7, 11) is -3.22. The Bertz CT molecular complexity index is 514. The van der Waals surface area contributed by atoms with Crippen LogP contribution in [-0.2, 0) is 10.0 Å². The van der Waals surface area contributed by atoms with Crippen LogP contribution in [0.1, 0.15) is 45.2 Å². The van der Waals surface area contributed by atoms with Gasteiger partial charge in [0.1, 0.15) is 0 Å². The Morgan fingerprint density at radius 2 is 1.81 bits per heavy atom. The van der Waals surface area contributed by atoms with Crippen molar-refractivity contribution in [1.29, 1.82) is 0 Å². The Morgan fingerprint density at radius 1 is 1.19 bits per heavy atom. The molecule has 0 heterocycles. The van der Waals surface area contributed by atoms with Crippen molar-refractivity contribution in [3.63, 3.8) is 0 Å². The second-order valence-electron chi connectivity index (χ2n) is 5.28. The van der Waals surface area contributed by atoms with E-state index in [1.54, 1.807) is 19.1 Å². The van der Waals surface area contributed by atoms with Crippen molar-refractivity contribution in [2.24, 2.45) is 0 Å². The smallest absolute Gasteiger partial charge is 0.232 e. The first kappa shape index (κ1) is 17.9. The second kappa shape index (κ2) is 8.36. The minimum atomic E-state index is -3.22. The average Bonchev–Trinajstić information content (AvgIpc) is 2.45. The number of anilines is 1. The standard InChI is InChI=1S/C15H26N2O3S/c1-4-21(19,20)17-15-9-7-14(8-10-15)13(3)16-12(2)6-5-11-18/h7-10,12-13,16-18H,4-6,11H2,1-3H3. The van der Waals surface area contributed by atoms with Crippen LogP contribution in [0.3, 0.4) is 0 Å². The predicted molar refractivity (Wildman–Crippen MR) is 86.9 cm³/mol. The Labute approximate surface area is 127 Å². The average molecular weight is 314 g/mol. The molecule has 0 fully saturated rings. The lowest BCUT2D eigenvalue weighted by atomic mass is 10.1. The fourth-order valence-corrected chi connectivity index (χ4v) is 2.73. The first-order chi connectivity index (χ1) is 9.88. The molecule has 0 amide bonds. The molecule has 0 saturated carbocycles. The quantitative estimate of drug-likeness (QED) is 0.653. The van der Waals surface area contributed by atoms with E-state index in [0.717, 1.165) is 18.4 Å². The molecule has 120 valence electrons. The molecule has 6 heteroatoms. The minimum Gasteiger partial charge on any atom is -0.396 e. The molecule has 1 aromatic carbocycles. The fourth-order valence-electron chi connectivity index (χ4n) is 2.10. The van der Waals surface area contributed by atoms with Crippen LogP contribution in [0.15, 0.2) is 24.3 Å². The summed E-state index contributed by atoms with van der Waals surface area (Å²) in [4.78, 5) is 0. The molecular formula is C15H26N2O3S. The van der Waals surface area contributed by atoms with Crippen LogP contribution in [0, 0.1) is 0 Å². The highest BCUT2D eigenvalue weighted by Gasteiger charge is 2.10. The van der Waals surface area contributed by atoms with Crippen molar-refractivity contribution in [2.75, 3.05) is 17.1 Å². The van der Waals surface area contributed by atoms with Gasteiger partial charge in [-0.3, -0.25) is 4.72 Å². The summed E-state index contributed by atoms with van der Waals surface area (Å²) in [5.41, 5.74) is 1.69. The molecule has 3 N–H and O–H groups in total. The lowest BCUT2D eigenvalue weighted by Gasteiger charge is -2.20. The normalized spacial score (nSPS) is 14.7. The number of hydrogen-bond donors (Lipinski definition) is 3. The Kier molecular flexibility index (Phi) is 7.14. The van der Waals surface area contributed by atoms with Gasteiger partial charge in [0, 0.05) is 24.4 Å². The van der Waals surface area contributed by atoms with Crippen LogP contribution >= 0.6 is 0 Å². The number of hydrogen-bond acceptors (Lipinski definition) is 4. The molecule has 0 saturated heterocycles. The van der Waals surface area contributed by atoms with E-state index in [4.69, 9.17) is 5.11 Å². The second-order valence-corrected chi connectivity index (χ2v) is 7.29. The van der Waals surface area contributed by atoms with Gasteiger partial charge in [0.15, 0.2) is 0 Å². The van der Waals surface area contributed by atoms with Gasteiger partial charge in [-0.15, -0.1) is 0 Å². The number of benzene rings is 1. The molecule has 0 aliphatic heterocycles. The summed E-state index contributed by atoms with van der Waals surface area (Å²) >= 11 is 0. The van der Waals surface area contributed by atoms with Crippen LogP contribution in [-0.4, -0.2) is 31.9 Å². The molecule has 0 bridgehead atoms. The van der Waals surface area contributed by atoms with Crippen molar-refractivity contribution < 1.29 is 13.5 Å². The van der Waals surface area contributed by atoms with E-state index < -0.39 is 10.0 Å². The highest BCUT2D eigenvalue weighted by Crippen LogP contribution is 2.18. The third-order valence-electron chi connectivity index (χ3n) is 3.39. The third-order valence-corrected chi connectivity index (χ3v) is 4.70. The van der Waals surface area contributed by atoms with Gasteiger partial charge in [-0.25, -0.2) is 8.42 Å². The monoisotopic (exact) mass is 314 g/mol. The van der Waals surface area contributed by atoms with Gasteiger partial charge in [0.05, 0.1) is 5.75 Å². The maximum Gasteiger partial charge on any atom is 0.232 e. The van der Waals surface area contributed by atoms with E-state index in [-0.39, 0.29) is 18.4 Å². The molecule has 1 aromatic rings. The van der Waals surface area contributed by atoms with Gasteiger partial charge in [0.2, 0.25) is 10.0 Å². The van der Waals surface area contributed by atoms with Gasteiger partial charge in [0.25, 0.3) is 0 Å². The number of aliphatic hydroxyl groups excluding tert-OH is 1. The molecule has 0 aliphatic rings. The van der Waals surface area contributed by atoms with E-state index in [1.165, 1.54) is 0 Å². The zero-order valence-corrected chi connectivity index (χ0v) is 13.8. The summed E-state index contributed by atoms with van der Waals surface area (Å²) < 4.78 is 25.5. The molecule has 2 atom stereocenters. The zero-order valence-electron chi connectivity index (χ0n) is 13.0. The maximum atomic E-state index is 11.5. The molecule has 0 aliphatic carbocycles. The number of sulfonamides is 1. The number of nitrogens with one attached hydrogen (secondary N) is 2. The van der Waals surface area contributed by atoms with E-state index >= 15 is 0 Å². The van der Waals surface area contributed by atoms with Gasteiger partial charge in [-0.2, -0.15) is 0 Å². The van der Waals surface area contributed by atoms with Crippen molar-refractivity contribution in [2.45, 2.75) is 45.7 Å². The first-order valence-corrected chi connectivity index (χ1v) is 9.00. The van der Waals surface area contributed by atoms with Gasteiger partial charge < -0.3 is 10.4 Å². The van der Waals surface area contributed by atoms with Gasteiger partial charge in [-0.1, -0.05) is 12.1 Å². The summed E-state index contributed by atoms with van der Waals surface area (Å²) in [6.07, 6.45) is 1.72. The Balaban J connectivity index is 2.61. The maximum absolute atomic E-state index is 11.5. The van der Waals surface area contributed by atoms with Crippen molar-refractivity contribution in [3.05, 3.63) is 29.8 Å². The lowest BCUT2D eigenvalue weighted by Crippen LogP contribution is -2.29. The van der Waals surface area contributed by atoms with Crippen molar-refractivity contribution >= 4 is 15.7 Å². The molecule has 1 rings (SSSR count). The molecule has 0 radical (unpaired) electrons. The van der Waals surface area contributed by atoms with Crippen LogP contribution in [0.25, 0.3) is 0 Å². The summed E-state index contributed by atoms with van der Waals surface area (Å²) in [5, 5.41) is 12.3.